The first-order chi connectivity index (χ1) is 14.0. The monoisotopic (exact) mass is 388 g/mol. The van der Waals surface area contributed by atoms with Gasteiger partial charge in [0.05, 0.1) is 24.4 Å². The number of nitrogens with zero attached hydrogens (tertiary/aromatic N) is 5. The molecule has 0 atom stereocenters. The highest BCUT2D eigenvalue weighted by atomic mass is 16.3. The molecule has 3 heterocycles. The number of hydrogen-bond acceptors (Lipinski definition) is 6. The van der Waals surface area contributed by atoms with E-state index in [4.69, 9.17) is 9.68 Å². The lowest BCUT2D eigenvalue weighted by Crippen LogP contribution is -2.31. The van der Waals surface area contributed by atoms with E-state index in [0.717, 1.165) is 5.56 Å². The number of aryl methyl sites for hydroxylation is 1. The molecule has 29 heavy (non-hydrogen) atoms. The van der Waals surface area contributed by atoms with Gasteiger partial charge in [0.1, 0.15) is 0 Å². The molecular weight excluding hydrogens is 372 g/mol. The highest BCUT2D eigenvalue weighted by molar-refractivity contribution is 6.03. The van der Waals surface area contributed by atoms with Crippen molar-refractivity contribution in [2.45, 2.75) is 20.4 Å². The molecule has 0 aliphatic carbocycles. The predicted octanol–water partition coefficient (Wildman–Crippen LogP) is 2.35. The summed E-state index contributed by atoms with van der Waals surface area (Å²) in [4.78, 5) is 35.6. The summed E-state index contributed by atoms with van der Waals surface area (Å²) in [6, 6.07) is 12.1. The van der Waals surface area contributed by atoms with Crippen molar-refractivity contribution in [3.63, 3.8) is 0 Å². The number of benzene rings is 1. The van der Waals surface area contributed by atoms with Gasteiger partial charge in [0.25, 0.3) is 17.2 Å². The lowest BCUT2D eigenvalue weighted by molar-refractivity contribution is 0.0956. The van der Waals surface area contributed by atoms with Crippen molar-refractivity contribution in [2.24, 2.45) is 0 Å². The van der Waals surface area contributed by atoms with Crippen molar-refractivity contribution in [1.82, 2.24) is 19.6 Å². The third-order valence-electron chi connectivity index (χ3n) is 4.61. The van der Waals surface area contributed by atoms with Crippen LogP contribution >= 0.6 is 0 Å². The minimum Gasteiger partial charge on any atom is -0.459 e. The smallest absolute Gasteiger partial charge is 0.296 e. The second kappa shape index (κ2) is 7.09. The predicted molar refractivity (Wildman–Crippen MR) is 103 cm³/mol. The normalized spacial score (nSPS) is 10.8. The van der Waals surface area contributed by atoms with E-state index in [1.165, 1.54) is 15.7 Å². The van der Waals surface area contributed by atoms with Gasteiger partial charge in [0, 0.05) is 11.3 Å². The highest BCUT2D eigenvalue weighted by Crippen LogP contribution is 2.18. The Morgan fingerprint density at radius 1 is 1.24 bits per heavy atom. The van der Waals surface area contributed by atoms with Crippen LogP contribution in [-0.2, 0) is 6.54 Å². The molecule has 1 amide bonds. The summed E-state index contributed by atoms with van der Waals surface area (Å²) in [7, 11) is 0. The second-order valence-electron chi connectivity index (χ2n) is 6.49. The highest BCUT2D eigenvalue weighted by Gasteiger charge is 2.24. The third kappa shape index (κ3) is 3.27. The summed E-state index contributed by atoms with van der Waals surface area (Å²) in [5, 5.41) is 11.8. The summed E-state index contributed by atoms with van der Waals surface area (Å²) in [6.07, 6.45) is 1.41. The fourth-order valence-corrected chi connectivity index (χ4v) is 2.86. The molecular formula is C20H16N6O3. The van der Waals surface area contributed by atoms with Crippen molar-refractivity contribution < 1.29 is 9.21 Å². The minimum atomic E-state index is -0.431. The van der Waals surface area contributed by atoms with Crippen LogP contribution in [0.2, 0.25) is 0 Å². The number of anilines is 1. The van der Waals surface area contributed by atoms with E-state index in [9.17, 15) is 9.59 Å². The van der Waals surface area contributed by atoms with Crippen LogP contribution < -0.4 is 10.5 Å². The standard InChI is InChI=1S/C20H16N6O3/c1-12-13(2)22-19-23-20(24-26(19)17(12)27)25(18(28)16-4-3-9-29-16)11-15-7-5-14(10-21)6-8-15/h3-9H,11H2,1-2H3,(H,22,23,24). The lowest BCUT2D eigenvalue weighted by Gasteiger charge is -2.18. The Bertz CT molecular complexity index is 1290. The van der Waals surface area contributed by atoms with Gasteiger partial charge in [-0.1, -0.05) is 12.1 Å². The molecule has 1 aromatic carbocycles. The lowest BCUT2D eigenvalue weighted by atomic mass is 10.1. The van der Waals surface area contributed by atoms with Crippen molar-refractivity contribution in [1.29, 1.82) is 5.26 Å². The molecule has 0 bridgehead atoms. The van der Waals surface area contributed by atoms with Gasteiger partial charge in [-0.2, -0.15) is 14.8 Å². The van der Waals surface area contributed by atoms with Crippen molar-refractivity contribution in [2.75, 3.05) is 4.90 Å². The van der Waals surface area contributed by atoms with Crippen LogP contribution in [0, 0.1) is 25.2 Å². The van der Waals surface area contributed by atoms with E-state index < -0.39 is 5.91 Å². The molecule has 0 aliphatic rings. The van der Waals surface area contributed by atoms with Gasteiger partial charge in [-0.25, -0.2) is 4.98 Å². The van der Waals surface area contributed by atoms with Crippen LogP contribution in [0.1, 0.15) is 32.9 Å². The van der Waals surface area contributed by atoms with Crippen LogP contribution in [0.15, 0.2) is 51.9 Å². The summed E-state index contributed by atoms with van der Waals surface area (Å²) in [5.41, 5.74) is 2.08. The Balaban J connectivity index is 1.80. The number of nitriles is 1. The first kappa shape index (κ1) is 18.2. The molecule has 4 rings (SSSR count). The number of carbonyl (C=O) groups excluding carboxylic acids is 1. The van der Waals surface area contributed by atoms with Crippen LogP contribution in [0.4, 0.5) is 5.95 Å². The van der Waals surface area contributed by atoms with Gasteiger partial charge in [0.2, 0.25) is 5.95 Å². The van der Waals surface area contributed by atoms with Crippen LogP contribution in [0.5, 0.6) is 0 Å². The van der Waals surface area contributed by atoms with Crippen molar-refractivity contribution >= 4 is 17.6 Å². The van der Waals surface area contributed by atoms with E-state index >= 15 is 0 Å². The summed E-state index contributed by atoms with van der Waals surface area (Å²) in [5.74, 6) is 0.0298. The zero-order chi connectivity index (χ0) is 20.5. The van der Waals surface area contributed by atoms with Gasteiger partial charge < -0.3 is 4.42 Å². The Kier molecular flexibility index (Phi) is 4.44. The number of rotatable bonds is 4. The van der Waals surface area contributed by atoms with Gasteiger partial charge >= 0.3 is 0 Å². The summed E-state index contributed by atoms with van der Waals surface area (Å²) >= 11 is 0. The van der Waals surface area contributed by atoms with E-state index in [0.29, 0.717) is 16.8 Å². The molecule has 3 aromatic heterocycles. The Hall–Kier alpha value is -4.19. The number of nitrogens with one attached hydrogen (secondary N) is 1. The van der Waals surface area contributed by atoms with Gasteiger partial charge in [-0.05, 0) is 43.7 Å². The maximum absolute atomic E-state index is 13.0. The number of carbonyl (C=O) groups is 1. The largest absolute Gasteiger partial charge is 0.459 e. The van der Waals surface area contributed by atoms with Crippen molar-refractivity contribution in [3.05, 3.63) is 81.2 Å². The molecule has 0 saturated heterocycles. The molecule has 9 heteroatoms. The van der Waals surface area contributed by atoms with Crippen LogP contribution in [0.25, 0.3) is 5.78 Å². The molecule has 1 N–H and O–H groups in total. The van der Waals surface area contributed by atoms with Crippen LogP contribution in [-0.4, -0.2) is 25.5 Å². The molecule has 0 fully saturated rings. The number of fused-ring (bicyclic) bond motifs is 1. The molecule has 0 saturated carbocycles. The fourth-order valence-electron chi connectivity index (χ4n) is 2.86. The second-order valence-corrected chi connectivity index (χ2v) is 6.49. The zero-order valence-electron chi connectivity index (χ0n) is 15.7. The fraction of sp³-hybridized carbons (Fsp3) is 0.150. The topological polar surface area (TPSA) is 120 Å². The van der Waals surface area contributed by atoms with Crippen LogP contribution in [0.3, 0.4) is 0 Å². The quantitative estimate of drug-likeness (QED) is 0.573. The van der Waals surface area contributed by atoms with E-state index in [1.807, 2.05) is 0 Å². The molecule has 0 unspecified atom stereocenters. The Morgan fingerprint density at radius 3 is 2.66 bits per heavy atom. The molecule has 0 aliphatic heterocycles. The van der Waals surface area contributed by atoms with E-state index in [2.05, 4.69) is 21.1 Å². The number of aromatic amines is 1. The molecule has 4 aromatic rings. The maximum Gasteiger partial charge on any atom is 0.296 e. The van der Waals surface area contributed by atoms with Gasteiger partial charge in [0.15, 0.2) is 5.76 Å². The Morgan fingerprint density at radius 2 is 2.00 bits per heavy atom. The van der Waals surface area contributed by atoms with E-state index in [1.54, 1.807) is 50.2 Å². The first-order valence-corrected chi connectivity index (χ1v) is 8.78. The average molecular weight is 388 g/mol. The van der Waals surface area contributed by atoms with E-state index in [-0.39, 0.29) is 29.6 Å². The maximum atomic E-state index is 13.0. The number of amides is 1. The average Bonchev–Trinajstić information content (AvgIpc) is 3.40. The number of furan rings is 1. The summed E-state index contributed by atoms with van der Waals surface area (Å²) < 4.78 is 6.46. The molecule has 0 spiro atoms. The number of H-pyrrole nitrogens is 1. The zero-order valence-corrected chi connectivity index (χ0v) is 15.7. The third-order valence-corrected chi connectivity index (χ3v) is 4.61. The molecule has 0 radical (unpaired) electrons. The Labute approximate surface area is 164 Å². The minimum absolute atomic E-state index is 0.131. The van der Waals surface area contributed by atoms with Crippen molar-refractivity contribution in [3.8, 4) is 6.07 Å². The summed E-state index contributed by atoms with van der Waals surface area (Å²) in [6.45, 7) is 3.56. The van der Waals surface area contributed by atoms with Gasteiger partial charge in [-0.3, -0.25) is 19.6 Å². The SMILES string of the molecule is Cc1nc2nc(N(Cc3ccc(C#N)cc3)C(=O)c3ccco3)[nH]n2c(=O)c1C. The molecule has 144 valence electrons. The number of hydrogen-bond donors (Lipinski definition) is 1. The number of aromatic nitrogens is 4. The first-order valence-electron chi connectivity index (χ1n) is 8.78. The van der Waals surface area contributed by atoms with Gasteiger partial charge in [-0.15, -0.1) is 0 Å². The molecule has 9 nitrogen and oxygen atoms in total.